The number of nitrogens with one attached hydrogen (secondary N) is 2. The second-order valence-corrected chi connectivity index (χ2v) is 18.8. The highest BCUT2D eigenvalue weighted by atomic mass is 32.1. The van der Waals surface area contributed by atoms with Gasteiger partial charge in [-0.05, 0) is 56.8 Å². The van der Waals surface area contributed by atoms with Gasteiger partial charge in [0, 0.05) is 29.9 Å². The molecule has 0 aromatic carbocycles. The van der Waals surface area contributed by atoms with E-state index in [4.69, 9.17) is 4.43 Å². The first kappa shape index (κ1) is 34.2. The Morgan fingerprint density at radius 1 is 1.23 bits per heavy atom. The topological polar surface area (TPSA) is 96.4 Å². The molecule has 4 atom stereocenters. The van der Waals surface area contributed by atoms with Crippen molar-refractivity contribution in [1.82, 2.24) is 20.2 Å². The standard InChI is InChI=1S/C29H40F5N5O3SSi/c1-8-20(29(32,33)34)37-21-12-16(24(30)31)17(14-35-21)23-22(27(41)39-11-9-10-15(39)2)38-26(43-23)25(40)36-18-13-19(18)42-44(6,7)28(3,4)5/h12,14-15,18-20,24H,8-11,13H2,1-7H3,(H,35,37)(H,36,40)/t15-,18+,19-,20?/m0/s1. The number of alkyl halides is 5. The fraction of sp³-hybridized carbons (Fsp3) is 0.655. The number of nitrogens with zero attached hydrogens (tertiary/aromatic N) is 3. The van der Waals surface area contributed by atoms with Crippen molar-refractivity contribution in [3.63, 3.8) is 0 Å². The summed E-state index contributed by atoms with van der Waals surface area (Å²) in [5, 5.41) is 4.98. The van der Waals surface area contributed by atoms with Gasteiger partial charge in [-0.25, -0.2) is 18.7 Å². The van der Waals surface area contributed by atoms with E-state index in [0.717, 1.165) is 36.4 Å². The van der Waals surface area contributed by atoms with E-state index in [0.29, 0.717) is 13.0 Å². The minimum absolute atomic E-state index is 0.0119. The first-order valence-electron chi connectivity index (χ1n) is 14.8. The predicted octanol–water partition coefficient (Wildman–Crippen LogP) is 7.41. The van der Waals surface area contributed by atoms with Crippen LogP contribution in [0.4, 0.5) is 27.8 Å². The molecule has 2 aromatic rings. The van der Waals surface area contributed by atoms with Crippen LogP contribution in [0.3, 0.4) is 0 Å². The molecular formula is C29H40F5N5O3SSi. The maximum atomic E-state index is 14.4. The molecular weight excluding hydrogens is 621 g/mol. The minimum Gasteiger partial charge on any atom is -0.412 e. The Balaban J connectivity index is 1.66. The summed E-state index contributed by atoms with van der Waals surface area (Å²) in [6.45, 7) is 14.2. The second-order valence-electron chi connectivity index (χ2n) is 13.0. The number of thiazole rings is 1. The van der Waals surface area contributed by atoms with Gasteiger partial charge in [-0.3, -0.25) is 9.59 Å². The molecule has 2 aromatic heterocycles. The largest absolute Gasteiger partial charge is 0.412 e. The van der Waals surface area contributed by atoms with Gasteiger partial charge in [0.25, 0.3) is 18.2 Å². The third kappa shape index (κ3) is 7.41. The summed E-state index contributed by atoms with van der Waals surface area (Å²) in [6, 6.07) is -1.48. The Hall–Kier alpha value is -2.65. The van der Waals surface area contributed by atoms with E-state index in [1.807, 2.05) is 6.92 Å². The van der Waals surface area contributed by atoms with E-state index in [9.17, 15) is 31.5 Å². The lowest BCUT2D eigenvalue weighted by Gasteiger charge is -2.36. The molecule has 1 saturated carbocycles. The van der Waals surface area contributed by atoms with Crippen molar-refractivity contribution in [3.8, 4) is 10.4 Å². The molecule has 0 spiro atoms. The second kappa shape index (κ2) is 12.6. The monoisotopic (exact) mass is 661 g/mol. The number of carbonyl (C=O) groups excluding carboxylic acids is 2. The van der Waals surface area contributed by atoms with Crippen molar-refractivity contribution < 1.29 is 36.0 Å². The number of amides is 2. The molecule has 44 heavy (non-hydrogen) atoms. The van der Waals surface area contributed by atoms with Crippen LogP contribution in [0.2, 0.25) is 18.1 Å². The highest BCUT2D eigenvalue weighted by Gasteiger charge is 2.48. The summed E-state index contributed by atoms with van der Waals surface area (Å²) in [6.07, 6.45) is -5.04. The molecule has 244 valence electrons. The number of halogens is 5. The van der Waals surface area contributed by atoms with E-state index < -0.39 is 44.3 Å². The Morgan fingerprint density at radius 2 is 1.91 bits per heavy atom. The summed E-state index contributed by atoms with van der Waals surface area (Å²) in [5.74, 6) is -1.44. The average molecular weight is 662 g/mol. The highest BCUT2D eigenvalue weighted by Crippen LogP contribution is 2.42. The molecule has 1 saturated heterocycles. The van der Waals surface area contributed by atoms with Crippen molar-refractivity contribution >= 4 is 37.3 Å². The Morgan fingerprint density at radius 3 is 2.45 bits per heavy atom. The number of carbonyl (C=O) groups is 2. The number of aromatic nitrogens is 2. The molecule has 2 fully saturated rings. The summed E-state index contributed by atoms with van der Waals surface area (Å²) in [7, 11) is -2.07. The fourth-order valence-corrected chi connectivity index (χ4v) is 7.23. The van der Waals surface area contributed by atoms with E-state index in [1.165, 1.54) is 6.92 Å². The zero-order chi connectivity index (χ0) is 32.8. The first-order chi connectivity index (χ1) is 20.3. The Kier molecular flexibility index (Phi) is 9.82. The first-order valence-corrected chi connectivity index (χ1v) is 18.5. The van der Waals surface area contributed by atoms with E-state index in [1.54, 1.807) is 4.90 Å². The summed E-state index contributed by atoms with van der Waals surface area (Å²) in [4.78, 5) is 36.9. The lowest BCUT2D eigenvalue weighted by atomic mass is 10.1. The number of anilines is 1. The van der Waals surface area contributed by atoms with Crippen LogP contribution in [0, 0.1) is 0 Å². The van der Waals surface area contributed by atoms with Gasteiger partial charge in [0.2, 0.25) is 0 Å². The van der Waals surface area contributed by atoms with Gasteiger partial charge in [0.05, 0.1) is 17.0 Å². The summed E-state index contributed by atoms with van der Waals surface area (Å²) < 4.78 is 75.1. The van der Waals surface area contributed by atoms with Crippen LogP contribution in [0.1, 0.15) is 92.6 Å². The third-order valence-corrected chi connectivity index (χ3v) is 14.3. The van der Waals surface area contributed by atoms with Gasteiger partial charge < -0.3 is 20.0 Å². The van der Waals surface area contributed by atoms with E-state index in [2.05, 4.69) is 54.5 Å². The smallest absolute Gasteiger partial charge is 0.408 e. The van der Waals surface area contributed by atoms with E-state index >= 15 is 0 Å². The predicted molar refractivity (Wildman–Crippen MR) is 162 cm³/mol. The van der Waals surface area contributed by atoms with E-state index in [-0.39, 0.29) is 56.6 Å². The lowest BCUT2D eigenvalue weighted by Crippen LogP contribution is -2.42. The van der Waals surface area contributed by atoms with Gasteiger partial charge in [-0.15, -0.1) is 11.3 Å². The van der Waals surface area contributed by atoms with Gasteiger partial charge in [0.15, 0.2) is 13.3 Å². The quantitative estimate of drug-likeness (QED) is 0.203. The molecule has 1 aliphatic heterocycles. The third-order valence-electron chi connectivity index (χ3n) is 8.68. The van der Waals surface area contributed by atoms with Crippen molar-refractivity contribution in [2.45, 2.75) is 115 Å². The zero-order valence-electron chi connectivity index (χ0n) is 25.9. The number of hydrogen-bond acceptors (Lipinski definition) is 7. The minimum atomic E-state index is -4.61. The molecule has 0 radical (unpaired) electrons. The average Bonchev–Trinajstić information content (AvgIpc) is 3.28. The molecule has 2 amide bonds. The Labute approximate surface area is 259 Å². The normalized spacial score (nSPS) is 21.5. The number of rotatable bonds is 10. The lowest BCUT2D eigenvalue weighted by molar-refractivity contribution is -0.142. The molecule has 2 aliphatic rings. The van der Waals surface area contributed by atoms with Crippen LogP contribution in [-0.4, -0.2) is 72.0 Å². The molecule has 1 unspecified atom stereocenters. The molecule has 0 bridgehead atoms. The summed E-state index contributed by atoms with van der Waals surface area (Å²) in [5.41, 5.74) is -0.948. The van der Waals surface area contributed by atoms with Crippen molar-refractivity contribution in [1.29, 1.82) is 0 Å². The maximum Gasteiger partial charge on any atom is 0.408 e. The van der Waals surface area contributed by atoms with Crippen LogP contribution in [0.15, 0.2) is 12.3 Å². The van der Waals surface area contributed by atoms with Crippen LogP contribution >= 0.6 is 11.3 Å². The number of likely N-dealkylation sites (tertiary alicyclic amines) is 1. The molecule has 1 aliphatic carbocycles. The van der Waals surface area contributed by atoms with Crippen LogP contribution in [-0.2, 0) is 4.43 Å². The summed E-state index contributed by atoms with van der Waals surface area (Å²) >= 11 is 0.781. The van der Waals surface area contributed by atoms with Crippen molar-refractivity contribution in [2.24, 2.45) is 0 Å². The maximum absolute atomic E-state index is 14.4. The van der Waals surface area contributed by atoms with Gasteiger partial charge in [-0.1, -0.05) is 27.7 Å². The molecule has 8 nitrogen and oxygen atoms in total. The van der Waals surface area contributed by atoms with Crippen molar-refractivity contribution in [2.75, 3.05) is 11.9 Å². The van der Waals surface area contributed by atoms with Crippen LogP contribution < -0.4 is 10.6 Å². The van der Waals surface area contributed by atoms with Crippen LogP contribution in [0.5, 0.6) is 0 Å². The number of pyridine rings is 1. The Bertz CT molecular complexity index is 1380. The molecule has 2 N–H and O–H groups in total. The van der Waals surface area contributed by atoms with Crippen LogP contribution in [0.25, 0.3) is 10.4 Å². The zero-order valence-corrected chi connectivity index (χ0v) is 27.8. The highest BCUT2D eigenvalue weighted by molar-refractivity contribution is 7.17. The van der Waals surface area contributed by atoms with Crippen molar-refractivity contribution in [3.05, 3.63) is 28.5 Å². The van der Waals surface area contributed by atoms with Gasteiger partial charge in [-0.2, -0.15) is 13.2 Å². The molecule has 4 rings (SSSR count). The van der Waals surface area contributed by atoms with Gasteiger partial charge in [0.1, 0.15) is 17.6 Å². The number of hydrogen-bond donors (Lipinski definition) is 2. The molecule has 3 heterocycles. The van der Waals surface area contributed by atoms with Gasteiger partial charge >= 0.3 is 6.18 Å². The SMILES string of the molecule is CCC(Nc1cc(C(F)F)c(-c2sc(C(=O)N[C@@H]3C[C@@H]3O[Si](C)(C)C(C)(C)C)nc2C(=O)N2CCC[C@@H]2C)cn1)C(F)(F)F. The molecule has 15 heteroatoms. The fourth-order valence-electron chi connectivity index (χ4n) is 4.87.